The van der Waals surface area contributed by atoms with Crippen LogP contribution in [-0.4, -0.2) is 23.1 Å². The Balaban J connectivity index is 0.00000144. The predicted octanol–water partition coefficient (Wildman–Crippen LogP) is -0.0328. The second-order valence-electron chi connectivity index (χ2n) is 3.27. The summed E-state index contributed by atoms with van der Waals surface area (Å²) in [6.07, 6.45) is 0. The zero-order valence-electron chi connectivity index (χ0n) is 9.50. The molecule has 0 fully saturated rings. The van der Waals surface area contributed by atoms with E-state index in [1.54, 1.807) is 24.3 Å². The number of ether oxygens (including phenoxy) is 1. The molecule has 0 N–H and O–H groups in total. The topological polar surface area (TPSA) is 9.23 Å². The summed E-state index contributed by atoms with van der Waals surface area (Å²) < 4.78 is 31.2. The van der Waals surface area contributed by atoms with E-state index in [1.165, 1.54) is 0 Å². The Bertz CT molecular complexity index is 480. The molecule has 5 heteroatoms. The molecule has 1 nitrogen and oxygen atoms in total. The number of halogens is 3. The van der Waals surface area contributed by atoms with E-state index < -0.39 is 11.6 Å². The average Bonchev–Trinajstić information content (AvgIpc) is 2.32. The number of hydrogen-bond acceptors (Lipinski definition) is 1. The van der Waals surface area contributed by atoms with Gasteiger partial charge < -0.3 is 21.7 Å². The van der Waals surface area contributed by atoms with Crippen molar-refractivity contribution in [2.24, 2.45) is 0 Å². The SMILES string of the molecule is Fc1ccc(F)c(OCc2cc[c-]cc2)c1.[Br-].[Mg+2]. The van der Waals surface area contributed by atoms with E-state index in [0.29, 0.717) is 0 Å². The molecule has 2 aromatic rings. The van der Waals surface area contributed by atoms with Gasteiger partial charge in [0.15, 0.2) is 11.6 Å². The van der Waals surface area contributed by atoms with Crippen LogP contribution in [0.3, 0.4) is 0 Å². The van der Waals surface area contributed by atoms with Gasteiger partial charge in [-0.3, -0.25) is 0 Å². The van der Waals surface area contributed by atoms with E-state index in [4.69, 9.17) is 4.74 Å². The molecule has 0 amide bonds. The Morgan fingerprint density at radius 1 is 1.06 bits per heavy atom. The summed E-state index contributed by atoms with van der Waals surface area (Å²) in [6, 6.07) is 13.1. The molecule has 0 aromatic heterocycles. The van der Waals surface area contributed by atoms with Crippen molar-refractivity contribution in [2.45, 2.75) is 6.61 Å². The summed E-state index contributed by atoms with van der Waals surface area (Å²) in [4.78, 5) is 0. The molecular weight excluding hydrogens is 314 g/mol. The van der Waals surface area contributed by atoms with Crippen molar-refractivity contribution in [1.82, 2.24) is 0 Å². The first-order valence-electron chi connectivity index (χ1n) is 4.78. The molecule has 0 bridgehead atoms. The number of hydrogen-bond donors (Lipinski definition) is 0. The standard InChI is InChI=1S/C13H9F2O.BrH.Mg/c14-11-6-7-12(15)13(8-11)16-9-10-4-2-1-3-5-10;;/h2-8H,9H2;1H;/q-1;;+2/p-1. The van der Waals surface area contributed by atoms with Crippen LogP contribution in [0.15, 0.2) is 42.5 Å². The van der Waals surface area contributed by atoms with Crippen molar-refractivity contribution >= 4 is 23.1 Å². The zero-order valence-corrected chi connectivity index (χ0v) is 12.5. The molecule has 0 aliphatic carbocycles. The fourth-order valence-corrected chi connectivity index (χ4v) is 1.27. The van der Waals surface area contributed by atoms with Gasteiger partial charge in [-0.25, -0.2) is 8.78 Å². The third kappa shape index (κ3) is 4.92. The van der Waals surface area contributed by atoms with Crippen LogP contribution in [0.25, 0.3) is 0 Å². The molecule has 0 spiro atoms. The maximum atomic E-state index is 13.2. The third-order valence-corrected chi connectivity index (χ3v) is 2.07. The molecule has 0 aliphatic rings. The van der Waals surface area contributed by atoms with Crippen molar-refractivity contribution in [1.29, 1.82) is 0 Å². The Labute approximate surface area is 131 Å². The second kappa shape index (κ2) is 8.45. The van der Waals surface area contributed by atoms with Gasteiger partial charge in [-0.05, 0) is 12.1 Å². The molecule has 0 unspecified atom stereocenters. The Kier molecular flexibility index (Phi) is 8.14. The molecule has 90 valence electrons. The van der Waals surface area contributed by atoms with Gasteiger partial charge in [-0.15, -0.1) is 5.56 Å². The van der Waals surface area contributed by atoms with Crippen LogP contribution in [0.1, 0.15) is 5.56 Å². The molecule has 0 heterocycles. The summed E-state index contributed by atoms with van der Waals surface area (Å²) >= 11 is 0. The van der Waals surface area contributed by atoms with Gasteiger partial charge in [0, 0.05) is 6.07 Å². The van der Waals surface area contributed by atoms with Gasteiger partial charge in [0.05, 0.1) is 6.61 Å². The summed E-state index contributed by atoms with van der Waals surface area (Å²) in [7, 11) is 0. The van der Waals surface area contributed by atoms with Crippen LogP contribution in [0.2, 0.25) is 0 Å². The quantitative estimate of drug-likeness (QED) is 0.569. The van der Waals surface area contributed by atoms with Crippen LogP contribution < -0.4 is 21.7 Å². The fourth-order valence-electron chi connectivity index (χ4n) is 1.27. The zero-order chi connectivity index (χ0) is 11.4. The van der Waals surface area contributed by atoms with Gasteiger partial charge in [0.25, 0.3) is 0 Å². The van der Waals surface area contributed by atoms with Gasteiger partial charge in [-0.2, -0.15) is 30.3 Å². The van der Waals surface area contributed by atoms with E-state index in [1.807, 2.05) is 0 Å². The van der Waals surface area contributed by atoms with Crippen LogP contribution >= 0.6 is 0 Å². The molecule has 2 aromatic carbocycles. The first kappa shape index (κ1) is 17.3. The van der Waals surface area contributed by atoms with E-state index in [-0.39, 0.29) is 52.4 Å². The van der Waals surface area contributed by atoms with Crippen LogP contribution in [0.4, 0.5) is 8.78 Å². The van der Waals surface area contributed by atoms with E-state index in [0.717, 1.165) is 23.8 Å². The average molecular weight is 323 g/mol. The molecule has 0 saturated carbocycles. The maximum Gasteiger partial charge on any atom is 2.00 e. The van der Waals surface area contributed by atoms with E-state index >= 15 is 0 Å². The van der Waals surface area contributed by atoms with E-state index in [9.17, 15) is 8.78 Å². The largest absolute Gasteiger partial charge is 2.00 e. The molecule has 0 saturated heterocycles. The minimum atomic E-state index is -0.566. The number of benzene rings is 2. The van der Waals surface area contributed by atoms with E-state index in [2.05, 4.69) is 6.07 Å². The van der Waals surface area contributed by atoms with Crippen molar-refractivity contribution in [3.05, 3.63) is 65.7 Å². The van der Waals surface area contributed by atoms with Crippen molar-refractivity contribution < 1.29 is 30.5 Å². The maximum absolute atomic E-state index is 13.2. The summed E-state index contributed by atoms with van der Waals surface area (Å²) in [5.74, 6) is -1.16. The fraction of sp³-hybridized carbons (Fsp3) is 0.0769. The first-order chi connectivity index (χ1) is 7.75. The Morgan fingerprint density at radius 2 is 1.72 bits per heavy atom. The van der Waals surface area contributed by atoms with Crippen molar-refractivity contribution in [3.63, 3.8) is 0 Å². The minimum Gasteiger partial charge on any atom is -1.00 e. The monoisotopic (exact) mass is 322 g/mol. The van der Waals surface area contributed by atoms with Gasteiger partial charge in [0.2, 0.25) is 0 Å². The molecular formula is C13H9BrF2MgO. The van der Waals surface area contributed by atoms with Gasteiger partial charge in [-0.1, -0.05) is 0 Å². The molecule has 18 heavy (non-hydrogen) atoms. The molecule has 0 aliphatic heterocycles. The van der Waals surface area contributed by atoms with Crippen LogP contribution in [0, 0.1) is 17.7 Å². The third-order valence-electron chi connectivity index (χ3n) is 2.07. The summed E-state index contributed by atoms with van der Waals surface area (Å²) in [6.45, 7) is 0.203. The normalized spacial score (nSPS) is 9.00. The predicted molar refractivity (Wildman–Crippen MR) is 61.7 cm³/mol. The van der Waals surface area contributed by atoms with Gasteiger partial charge >= 0.3 is 23.1 Å². The summed E-state index contributed by atoms with van der Waals surface area (Å²) in [5.41, 5.74) is 0.877. The van der Waals surface area contributed by atoms with Crippen molar-refractivity contribution in [3.8, 4) is 5.75 Å². The smallest absolute Gasteiger partial charge is 1.00 e. The van der Waals surface area contributed by atoms with Gasteiger partial charge in [0.1, 0.15) is 5.82 Å². The van der Waals surface area contributed by atoms with Crippen LogP contribution in [-0.2, 0) is 6.61 Å². The van der Waals surface area contributed by atoms with Crippen LogP contribution in [0.5, 0.6) is 5.75 Å². The Hall–Kier alpha value is -0.654. The Morgan fingerprint density at radius 3 is 2.39 bits per heavy atom. The number of rotatable bonds is 3. The summed E-state index contributed by atoms with van der Waals surface area (Å²) in [5, 5.41) is 0. The second-order valence-corrected chi connectivity index (χ2v) is 3.27. The minimum absolute atomic E-state index is 0. The molecule has 0 atom stereocenters. The molecule has 2 rings (SSSR count). The van der Waals surface area contributed by atoms with Crippen molar-refractivity contribution in [2.75, 3.05) is 0 Å². The molecule has 0 radical (unpaired) electrons. The first-order valence-corrected chi connectivity index (χ1v) is 4.78.